The molecule has 1 fully saturated rings. The van der Waals surface area contributed by atoms with Crippen LogP contribution in [0.1, 0.15) is 52.4 Å². The van der Waals surface area contributed by atoms with Crippen LogP contribution in [0.25, 0.3) is 0 Å². The molecular weight excluding hydrogens is 208 g/mol. The first-order valence-corrected chi connectivity index (χ1v) is 5.91. The van der Waals surface area contributed by atoms with Crippen LogP contribution in [0.4, 0.5) is 0 Å². The summed E-state index contributed by atoms with van der Waals surface area (Å²) in [5.74, 6) is -0.234. The van der Waals surface area contributed by atoms with Crippen molar-refractivity contribution in [1.82, 2.24) is 0 Å². The van der Waals surface area contributed by atoms with Gasteiger partial charge in [0.05, 0.1) is 6.61 Å². The van der Waals surface area contributed by atoms with Crippen LogP contribution >= 0.6 is 0 Å². The van der Waals surface area contributed by atoms with E-state index in [2.05, 4.69) is 0 Å². The smallest absolute Gasteiger partial charge is 0.306 e. The van der Waals surface area contributed by atoms with Crippen molar-refractivity contribution in [3.63, 3.8) is 0 Å². The summed E-state index contributed by atoms with van der Waals surface area (Å²) in [5, 5.41) is 7.42. The number of aliphatic carboxylic acids is 1. The molecule has 0 aliphatic heterocycles. The predicted molar refractivity (Wildman–Crippen MR) is 61.1 cm³/mol. The molecule has 0 bridgehead atoms. The fraction of sp³-hybridized carbons (Fsp3) is 0.833. The Labute approximate surface area is 97.0 Å². The Balaban J connectivity index is 0.000000487. The Hall–Kier alpha value is -1.06. The Morgan fingerprint density at radius 1 is 1.25 bits per heavy atom. The molecule has 4 heteroatoms. The second-order valence-electron chi connectivity index (χ2n) is 4.03. The molecule has 0 aromatic rings. The summed E-state index contributed by atoms with van der Waals surface area (Å²) in [6, 6.07) is 0. The van der Waals surface area contributed by atoms with Crippen molar-refractivity contribution in [3.05, 3.63) is 0 Å². The molecule has 0 heterocycles. The van der Waals surface area contributed by atoms with Gasteiger partial charge in [0.25, 0.3) is 5.97 Å². The van der Waals surface area contributed by atoms with Gasteiger partial charge >= 0.3 is 5.97 Å². The molecule has 1 saturated carbocycles. The predicted octanol–water partition coefficient (Wildman–Crippen LogP) is 2.61. The van der Waals surface area contributed by atoms with Gasteiger partial charge in [0.2, 0.25) is 0 Å². The molecule has 16 heavy (non-hydrogen) atoms. The lowest BCUT2D eigenvalue weighted by molar-refractivity contribution is -0.144. The van der Waals surface area contributed by atoms with Gasteiger partial charge in [-0.05, 0) is 25.7 Å². The Morgan fingerprint density at radius 2 is 1.75 bits per heavy atom. The third kappa shape index (κ3) is 9.49. The maximum Gasteiger partial charge on any atom is 0.306 e. The zero-order valence-electron chi connectivity index (χ0n) is 10.2. The van der Waals surface area contributed by atoms with Crippen molar-refractivity contribution in [1.29, 1.82) is 0 Å². The monoisotopic (exact) mass is 230 g/mol. The first-order valence-electron chi connectivity index (χ1n) is 5.91. The van der Waals surface area contributed by atoms with Crippen LogP contribution < -0.4 is 0 Å². The number of carbonyl (C=O) groups is 2. The number of rotatable bonds is 3. The second kappa shape index (κ2) is 9.19. The second-order valence-corrected chi connectivity index (χ2v) is 4.03. The van der Waals surface area contributed by atoms with E-state index in [0.29, 0.717) is 18.9 Å². The van der Waals surface area contributed by atoms with Crippen LogP contribution in [0.3, 0.4) is 0 Å². The molecule has 1 rings (SSSR count). The summed E-state index contributed by atoms with van der Waals surface area (Å²) in [7, 11) is 0. The van der Waals surface area contributed by atoms with E-state index in [0.717, 1.165) is 6.92 Å². The summed E-state index contributed by atoms with van der Waals surface area (Å²) in [6.07, 6.45) is 7.03. The maximum absolute atomic E-state index is 11.1. The van der Waals surface area contributed by atoms with Crippen LogP contribution in [0.5, 0.6) is 0 Å². The number of hydrogen-bond acceptors (Lipinski definition) is 3. The van der Waals surface area contributed by atoms with Crippen LogP contribution in [0.2, 0.25) is 0 Å². The Bertz CT molecular complexity index is 203. The van der Waals surface area contributed by atoms with Gasteiger partial charge in [0.15, 0.2) is 0 Å². The average molecular weight is 230 g/mol. The quantitative estimate of drug-likeness (QED) is 0.757. The largest absolute Gasteiger partial charge is 0.481 e. The van der Waals surface area contributed by atoms with Gasteiger partial charge in [0.1, 0.15) is 0 Å². The topological polar surface area (TPSA) is 63.6 Å². The zero-order chi connectivity index (χ0) is 12.4. The van der Waals surface area contributed by atoms with E-state index in [4.69, 9.17) is 14.6 Å². The van der Waals surface area contributed by atoms with E-state index in [9.17, 15) is 4.79 Å². The van der Waals surface area contributed by atoms with Crippen molar-refractivity contribution in [2.75, 3.05) is 6.61 Å². The lowest BCUT2D eigenvalue weighted by Crippen LogP contribution is -2.14. The fourth-order valence-electron chi connectivity index (χ4n) is 1.85. The highest BCUT2D eigenvalue weighted by Crippen LogP contribution is 2.26. The van der Waals surface area contributed by atoms with Crippen LogP contribution in [-0.4, -0.2) is 23.7 Å². The van der Waals surface area contributed by atoms with Crippen molar-refractivity contribution < 1.29 is 19.4 Å². The van der Waals surface area contributed by atoms with Gasteiger partial charge < -0.3 is 9.84 Å². The van der Waals surface area contributed by atoms with E-state index in [1.807, 2.05) is 6.92 Å². The minimum absolute atomic E-state index is 0.00981. The molecule has 0 amide bonds. The highest BCUT2D eigenvalue weighted by Gasteiger charge is 2.17. The number of carboxylic acid groups (broad SMARTS) is 1. The number of ether oxygens (including phenoxy) is 1. The van der Waals surface area contributed by atoms with Gasteiger partial charge in [0, 0.05) is 13.3 Å². The molecule has 0 saturated heterocycles. The molecule has 1 aliphatic carbocycles. The van der Waals surface area contributed by atoms with Crippen molar-refractivity contribution in [3.8, 4) is 0 Å². The van der Waals surface area contributed by atoms with E-state index < -0.39 is 5.97 Å². The molecule has 0 spiro atoms. The summed E-state index contributed by atoms with van der Waals surface area (Å²) in [5.41, 5.74) is 0. The SMILES string of the molecule is CC(=O)O.CCOC(=O)CC1CCCCC1. The molecule has 4 nitrogen and oxygen atoms in total. The highest BCUT2D eigenvalue weighted by atomic mass is 16.5. The van der Waals surface area contributed by atoms with Crippen molar-refractivity contribution in [2.24, 2.45) is 5.92 Å². The standard InChI is InChI=1S/C10H18O2.C2H4O2/c1-2-12-10(11)8-9-6-4-3-5-7-9;1-2(3)4/h9H,2-8H2,1H3;1H3,(H,3,4). The van der Waals surface area contributed by atoms with E-state index in [1.54, 1.807) is 0 Å². The fourth-order valence-corrected chi connectivity index (χ4v) is 1.85. The van der Waals surface area contributed by atoms with Gasteiger partial charge in [-0.25, -0.2) is 0 Å². The zero-order valence-corrected chi connectivity index (χ0v) is 10.2. The first-order chi connectivity index (χ1) is 7.56. The van der Waals surface area contributed by atoms with Crippen LogP contribution in [0.15, 0.2) is 0 Å². The number of hydrogen-bond donors (Lipinski definition) is 1. The van der Waals surface area contributed by atoms with E-state index in [1.165, 1.54) is 32.1 Å². The summed E-state index contributed by atoms with van der Waals surface area (Å²) >= 11 is 0. The third-order valence-electron chi connectivity index (χ3n) is 2.49. The molecule has 0 aromatic heterocycles. The molecule has 0 radical (unpaired) electrons. The molecule has 1 aliphatic rings. The average Bonchev–Trinajstić information content (AvgIpc) is 2.18. The number of carboxylic acids is 1. The molecular formula is C12H22O4. The first kappa shape index (κ1) is 14.9. The third-order valence-corrected chi connectivity index (χ3v) is 2.49. The van der Waals surface area contributed by atoms with Gasteiger partial charge in [-0.1, -0.05) is 19.3 Å². The van der Waals surface area contributed by atoms with Crippen LogP contribution in [0, 0.1) is 5.92 Å². The lowest BCUT2D eigenvalue weighted by atomic mass is 9.87. The molecule has 0 atom stereocenters. The highest BCUT2D eigenvalue weighted by molar-refractivity contribution is 5.69. The molecule has 0 unspecified atom stereocenters. The summed E-state index contributed by atoms with van der Waals surface area (Å²) < 4.78 is 4.91. The van der Waals surface area contributed by atoms with Gasteiger partial charge in [-0.15, -0.1) is 0 Å². The minimum atomic E-state index is -0.833. The van der Waals surface area contributed by atoms with Crippen molar-refractivity contribution >= 4 is 11.9 Å². The maximum atomic E-state index is 11.1. The number of carbonyl (C=O) groups excluding carboxylic acids is 1. The minimum Gasteiger partial charge on any atom is -0.481 e. The van der Waals surface area contributed by atoms with E-state index in [-0.39, 0.29) is 5.97 Å². The summed E-state index contributed by atoms with van der Waals surface area (Å²) in [6.45, 7) is 3.46. The Morgan fingerprint density at radius 3 is 2.19 bits per heavy atom. The van der Waals surface area contributed by atoms with Gasteiger partial charge in [-0.3, -0.25) is 9.59 Å². The Kier molecular flexibility index (Phi) is 8.58. The normalized spacial score (nSPS) is 15.9. The molecule has 94 valence electrons. The number of esters is 1. The lowest BCUT2D eigenvalue weighted by Gasteiger charge is -2.20. The molecule has 1 N–H and O–H groups in total. The van der Waals surface area contributed by atoms with Gasteiger partial charge in [-0.2, -0.15) is 0 Å². The van der Waals surface area contributed by atoms with Crippen molar-refractivity contribution in [2.45, 2.75) is 52.4 Å². The van der Waals surface area contributed by atoms with E-state index >= 15 is 0 Å². The summed E-state index contributed by atoms with van der Waals surface area (Å²) in [4.78, 5) is 20.1. The molecule has 0 aromatic carbocycles. The van der Waals surface area contributed by atoms with Crippen LogP contribution in [-0.2, 0) is 14.3 Å².